The van der Waals surface area contributed by atoms with Crippen LogP contribution in [-0.4, -0.2) is 40.4 Å². The van der Waals surface area contributed by atoms with E-state index in [1.807, 2.05) is 24.3 Å². The first kappa shape index (κ1) is 14.6. The SMILES string of the molecule is CN(C)C(=O)N(C)c1cccc(O[Si](C)(C)C)c1. The number of amides is 2. The van der Waals surface area contributed by atoms with Crippen LogP contribution in [0.15, 0.2) is 24.3 Å². The van der Waals surface area contributed by atoms with Gasteiger partial charge in [-0.3, -0.25) is 4.90 Å². The molecular weight excluding hydrogens is 244 g/mol. The minimum absolute atomic E-state index is 0.0554. The van der Waals surface area contributed by atoms with E-state index < -0.39 is 8.32 Å². The van der Waals surface area contributed by atoms with Gasteiger partial charge in [0.25, 0.3) is 0 Å². The molecule has 1 aromatic rings. The molecule has 4 nitrogen and oxygen atoms in total. The number of benzene rings is 1. The maximum Gasteiger partial charge on any atom is 0.323 e. The molecule has 0 aromatic heterocycles. The Labute approximate surface area is 110 Å². The second kappa shape index (κ2) is 5.43. The summed E-state index contributed by atoms with van der Waals surface area (Å²) in [5.74, 6) is 0.824. The number of hydrogen-bond donors (Lipinski definition) is 0. The Hall–Kier alpha value is -1.49. The van der Waals surface area contributed by atoms with E-state index in [1.165, 1.54) is 0 Å². The van der Waals surface area contributed by atoms with Crippen molar-refractivity contribution in [1.29, 1.82) is 0 Å². The van der Waals surface area contributed by atoms with E-state index in [1.54, 1.807) is 30.9 Å². The van der Waals surface area contributed by atoms with Crippen molar-refractivity contribution in [2.45, 2.75) is 19.6 Å². The lowest BCUT2D eigenvalue weighted by molar-refractivity contribution is 0.225. The number of nitrogens with zero attached hydrogens (tertiary/aromatic N) is 2. The van der Waals surface area contributed by atoms with Crippen LogP contribution in [0, 0.1) is 0 Å². The number of carbonyl (C=O) groups excluding carboxylic acids is 1. The van der Waals surface area contributed by atoms with Crippen molar-refractivity contribution in [3.63, 3.8) is 0 Å². The Morgan fingerprint density at radius 2 is 1.78 bits per heavy atom. The van der Waals surface area contributed by atoms with E-state index in [-0.39, 0.29) is 6.03 Å². The zero-order valence-corrected chi connectivity index (χ0v) is 13.0. The van der Waals surface area contributed by atoms with Crippen LogP contribution in [0.1, 0.15) is 0 Å². The summed E-state index contributed by atoms with van der Waals surface area (Å²) < 4.78 is 5.92. The number of anilines is 1. The lowest BCUT2D eigenvalue weighted by Gasteiger charge is -2.24. The molecular formula is C13H22N2O2Si. The highest BCUT2D eigenvalue weighted by Gasteiger charge is 2.18. The van der Waals surface area contributed by atoms with Gasteiger partial charge in [-0.1, -0.05) is 6.07 Å². The summed E-state index contributed by atoms with van der Waals surface area (Å²) in [6, 6.07) is 7.58. The second-order valence-electron chi connectivity index (χ2n) is 5.45. The largest absolute Gasteiger partial charge is 0.544 e. The van der Waals surface area contributed by atoms with Crippen molar-refractivity contribution >= 4 is 20.0 Å². The summed E-state index contributed by atoms with van der Waals surface area (Å²) in [4.78, 5) is 15.0. The lowest BCUT2D eigenvalue weighted by Crippen LogP contribution is -2.36. The van der Waals surface area contributed by atoms with Crippen LogP contribution in [0.4, 0.5) is 10.5 Å². The van der Waals surface area contributed by atoms with E-state index in [0.29, 0.717) is 0 Å². The van der Waals surface area contributed by atoms with Crippen LogP contribution in [-0.2, 0) is 0 Å². The summed E-state index contributed by atoms with van der Waals surface area (Å²) in [6.45, 7) is 6.40. The minimum atomic E-state index is -1.62. The topological polar surface area (TPSA) is 32.8 Å². The average Bonchev–Trinajstić information content (AvgIpc) is 2.25. The van der Waals surface area contributed by atoms with Crippen molar-refractivity contribution in [2.24, 2.45) is 0 Å². The van der Waals surface area contributed by atoms with Crippen molar-refractivity contribution in [3.8, 4) is 5.75 Å². The van der Waals surface area contributed by atoms with E-state index in [2.05, 4.69) is 19.6 Å². The molecule has 18 heavy (non-hydrogen) atoms. The third-order valence-electron chi connectivity index (χ3n) is 2.30. The van der Waals surface area contributed by atoms with Gasteiger partial charge in [-0.25, -0.2) is 4.79 Å². The molecule has 0 radical (unpaired) electrons. The monoisotopic (exact) mass is 266 g/mol. The van der Waals surface area contributed by atoms with Gasteiger partial charge in [-0.15, -0.1) is 0 Å². The van der Waals surface area contributed by atoms with Crippen LogP contribution in [0.2, 0.25) is 19.6 Å². The second-order valence-corrected chi connectivity index (χ2v) is 9.88. The van der Waals surface area contributed by atoms with Crippen molar-refractivity contribution in [2.75, 3.05) is 26.0 Å². The zero-order chi connectivity index (χ0) is 13.9. The molecule has 0 unspecified atom stereocenters. The van der Waals surface area contributed by atoms with Gasteiger partial charge in [0.15, 0.2) is 0 Å². The zero-order valence-electron chi connectivity index (χ0n) is 12.0. The summed E-state index contributed by atoms with van der Waals surface area (Å²) >= 11 is 0. The summed E-state index contributed by atoms with van der Waals surface area (Å²) in [5, 5.41) is 0. The molecule has 0 N–H and O–H groups in total. The smallest absolute Gasteiger partial charge is 0.323 e. The molecule has 100 valence electrons. The quantitative estimate of drug-likeness (QED) is 0.788. The lowest BCUT2D eigenvalue weighted by atomic mass is 10.3. The standard InChI is InChI=1S/C13H22N2O2Si/c1-14(2)13(16)15(3)11-8-7-9-12(10-11)17-18(4,5)6/h7-10H,1-6H3. The molecule has 0 aliphatic rings. The molecule has 0 heterocycles. The first-order chi connectivity index (χ1) is 8.20. The molecule has 1 aromatic carbocycles. The van der Waals surface area contributed by atoms with Gasteiger partial charge in [-0.05, 0) is 31.8 Å². The summed E-state index contributed by atoms with van der Waals surface area (Å²) in [7, 11) is 3.62. The van der Waals surface area contributed by atoms with Crippen LogP contribution in [0.5, 0.6) is 5.75 Å². The van der Waals surface area contributed by atoms with Gasteiger partial charge >= 0.3 is 6.03 Å². The number of carbonyl (C=O) groups is 1. The van der Waals surface area contributed by atoms with Crippen molar-refractivity contribution in [1.82, 2.24) is 4.90 Å². The predicted molar refractivity (Wildman–Crippen MR) is 77.9 cm³/mol. The first-order valence-electron chi connectivity index (χ1n) is 5.95. The molecule has 0 spiro atoms. The summed E-state index contributed by atoms with van der Waals surface area (Å²) in [5.41, 5.74) is 0.837. The molecule has 0 aliphatic heterocycles. The van der Waals surface area contributed by atoms with Gasteiger partial charge in [-0.2, -0.15) is 0 Å². The van der Waals surface area contributed by atoms with E-state index in [0.717, 1.165) is 11.4 Å². The van der Waals surface area contributed by atoms with Gasteiger partial charge in [0.05, 0.1) is 0 Å². The molecule has 1 rings (SSSR count). The fourth-order valence-corrected chi connectivity index (χ4v) is 2.35. The number of rotatable bonds is 3. The summed E-state index contributed by atoms with van der Waals surface area (Å²) in [6.07, 6.45) is 0. The van der Waals surface area contributed by atoms with E-state index >= 15 is 0 Å². The van der Waals surface area contributed by atoms with Crippen LogP contribution >= 0.6 is 0 Å². The maximum absolute atomic E-state index is 11.9. The van der Waals surface area contributed by atoms with Crippen LogP contribution in [0.3, 0.4) is 0 Å². The fourth-order valence-electron chi connectivity index (χ4n) is 1.52. The third kappa shape index (κ3) is 4.07. The predicted octanol–water partition coefficient (Wildman–Crippen LogP) is 3.02. The Morgan fingerprint density at radius 1 is 1.17 bits per heavy atom. The van der Waals surface area contributed by atoms with Gasteiger partial charge in [0.1, 0.15) is 5.75 Å². The van der Waals surface area contributed by atoms with E-state index in [9.17, 15) is 4.79 Å². The van der Waals surface area contributed by atoms with Crippen molar-refractivity contribution < 1.29 is 9.22 Å². The normalized spacial score (nSPS) is 11.0. The molecule has 0 saturated carbocycles. The minimum Gasteiger partial charge on any atom is -0.544 e. The Bertz CT molecular complexity index is 427. The molecule has 0 bridgehead atoms. The third-order valence-corrected chi connectivity index (χ3v) is 3.15. The highest BCUT2D eigenvalue weighted by molar-refractivity contribution is 6.70. The molecule has 2 amide bonds. The molecule has 0 fully saturated rings. The number of hydrogen-bond acceptors (Lipinski definition) is 2. The highest BCUT2D eigenvalue weighted by atomic mass is 28.4. The van der Waals surface area contributed by atoms with Gasteiger partial charge < -0.3 is 9.33 Å². The van der Waals surface area contributed by atoms with Crippen LogP contribution < -0.4 is 9.33 Å². The fraction of sp³-hybridized carbons (Fsp3) is 0.462. The van der Waals surface area contributed by atoms with E-state index in [4.69, 9.17) is 4.43 Å². The molecule has 0 atom stereocenters. The molecule has 5 heteroatoms. The van der Waals surface area contributed by atoms with Gasteiger partial charge in [0, 0.05) is 32.9 Å². The van der Waals surface area contributed by atoms with Gasteiger partial charge in [0.2, 0.25) is 8.32 Å². The molecule has 0 saturated heterocycles. The van der Waals surface area contributed by atoms with Crippen LogP contribution in [0.25, 0.3) is 0 Å². The Morgan fingerprint density at radius 3 is 2.28 bits per heavy atom. The molecule has 0 aliphatic carbocycles. The Kier molecular flexibility index (Phi) is 4.40. The first-order valence-corrected chi connectivity index (χ1v) is 9.35. The number of urea groups is 1. The highest BCUT2D eigenvalue weighted by Crippen LogP contribution is 2.23. The van der Waals surface area contributed by atoms with Crippen molar-refractivity contribution in [3.05, 3.63) is 24.3 Å². The Balaban J connectivity index is 2.92. The average molecular weight is 266 g/mol. The maximum atomic E-state index is 11.9.